The van der Waals surface area contributed by atoms with Crippen LogP contribution < -0.4 is 4.90 Å². The fourth-order valence-corrected chi connectivity index (χ4v) is 6.64. The number of hydrogen-bond acceptors (Lipinski definition) is 5. The molecule has 0 aliphatic carbocycles. The van der Waals surface area contributed by atoms with E-state index in [1.54, 1.807) is 24.1 Å². The summed E-state index contributed by atoms with van der Waals surface area (Å²) in [5, 5.41) is 19.1. The molecule has 1 aromatic rings. The van der Waals surface area contributed by atoms with Gasteiger partial charge in [-0.2, -0.15) is 5.26 Å². The zero-order chi connectivity index (χ0) is 21.6. The molecule has 30 heavy (non-hydrogen) atoms. The highest BCUT2D eigenvalue weighted by Gasteiger charge is 2.79. The van der Waals surface area contributed by atoms with Crippen molar-refractivity contribution in [2.75, 3.05) is 18.6 Å². The third-order valence-corrected chi connectivity index (χ3v) is 7.80. The largest absolute Gasteiger partial charge is 0.465 e. The number of likely N-dealkylation sites (N-methyl/N-ethyl adjacent to an activating group) is 1. The van der Waals surface area contributed by atoms with Crippen LogP contribution >= 0.6 is 23.2 Å². The second-order valence-electron chi connectivity index (χ2n) is 8.60. The van der Waals surface area contributed by atoms with Crippen LogP contribution in [-0.2, 0) is 14.3 Å². The van der Waals surface area contributed by atoms with Gasteiger partial charge in [0.05, 0.1) is 51.3 Å². The predicted octanol–water partition coefficient (Wildman–Crippen LogP) is 3.10. The van der Waals surface area contributed by atoms with Gasteiger partial charge in [0.1, 0.15) is 12.3 Å². The molecule has 0 unspecified atom stereocenters. The number of nitriles is 1. The number of ether oxygens (including phenoxy) is 2. The molecule has 2 bridgehead atoms. The van der Waals surface area contributed by atoms with Gasteiger partial charge in [-0.05, 0) is 19.1 Å². The molecular weight excluding hydrogens is 433 g/mol. The SMILES string of the molecule is CN(C(=O)O)[C@H]1C[C@@]2(C)O[C@@]13CCO[C@H]1[C@@H]3[C@@H]2C(=O)N1c1cc(Cl)c(C#N)c(Cl)c1. The van der Waals surface area contributed by atoms with Crippen LogP contribution in [0.5, 0.6) is 0 Å². The van der Waals surface area contributed by atoms with Gasteiger partial charge in [-0.1, -0.05) is 23.2 Å². The number of rotatable bonds is 2. The number of halogens is 2. The lowest BCUT2D eigenvalue weighted by atomic mass is 9.63. The molecule has 4 fully saturated rings. The van der Waals surface area contributed by atoms with Crippen LogP contribution in [0.2, 0.25) is 10.0 Å². The monoisotopic (exact) mass is 451 g/mol. The summed E-state index contributed by atoms with van der Waals surface area (Å²) in [7, 11) is 1.54. The van der Waals surface area contributed by atoms with Gasteiger partial charge in [0.25, 0.3) is 0 Å². The first-order chi connectivity index (χ1) is 14.1. The van der Waals surface area contributed by atoms with Crippen LogP contribution in [0.1, 0.15) is 25.3 Å². The van der Waals surface area contributed by atoms with E-state index in [1.165, 1.54) is 4.90 Å². The number of carbonyl (C=O) groups excluding carboxylic acids is 1. The molecule has 0 radical (unpaired) electrons. The van der Waals surface area contributed by atoms with Gasteiger partial charge in [0.15, 0.2) is 0 Å². The van der Waals surface area contributed by atoms with Gasteiger partial charge in [0, 0.05) is 25.6 Å². The molecule has 8 nitrogen and oxygen atoms in total. The Balaban J connectivity index is 1.61. The van der Waals surface area contributed by atoms with E-state index in [-0.39, 0.29) is 33.5 Å². The van der Waals surface area contributed by atoms with Crippen LogP contribution in [-0.4, -0.2) is 59.1 Å². The molecule has 4 aliphatic rings. The Morgan fingerprint density at radius 1 is 1.40 bits per heavy atom. The standard InChI is InChI=1S/C20H19Cl2N3O5/c1-19-7-13(24(2)18(27)28)20(30-19)3-4-29-17-15(20)14(19)16(26)25(17)9-5-11(21)10(8-23)12(22)6-9/h5-6,13-15,17H,3-4,7H2,1-2H3,(H,27,28)/t13-,14+,15-,17-,19+,20-/m0/s1. The Kier molecular flexibility index (Phi) is 4.13. The summed E-state index contributed by atoms with van der Waals surface area (Å²) in [6.45, 7) is 2.21. The minimum Gasteiger partial charge on any atom is -0.465 e. The van der Waals surface area contributed by atoms with Crippen molar-refractivity contribution in [2.45, 2.75) is 43.2 Å². The smallest absolute Gasteiger partial charge is 0.407 e. The molecular formula is C20H19Cl2N3O5. The molecule has 1 spiro atoms. The molecule has 0 saturated carbocycles. The molecule has 4 saturated heterocycles. The van der Waals surface area contributed by atoms with E-state index in [1.807, 2.05) is 13.0 Å². The number of benzene rings is 1. The fraction of sp³-hybridized carbons (Fsp3) is 0.550. The highest BCUT2D eigenvalue weighted by Crippen LogP contribution is 2.66. The molecule has 5 rings (SSSR count). The molecule has 2 amide bonds. The van der Waals surface area contributed by atoms with Crippen LogP contribution in [0.15, 0.2) is 12.1 Å². The Morgan fingerprint density at radius 2 is 2.07 bits per heavy atom. The van der Waals surface area contributed by atoms with E-state index in [0.29, 0.717) is 25.1 Å². The van der Waals surface area contributed by atoms with E-state index >= 15 is 0 Å². The summed E-state index contributed by atoms with van der Waals surface area (Å²) in [6.07, 6.45) is -0.694. The molecule has 10 heteroatoms. The Bertz CT molecular complexity index is 1010. The van der Waals surface area contributed by atoms with Crippen molar-refractivity contribution >= 4 is 40.9 Å². The second kappa shape index (κ2) is 6.24. The number of anilines is 1. The first-order valence-corrected chi connectivity index (χ1v) is 10.4. The number of fused-ring (bicyclic) bond motifs is 2. The number of carbonyl (C=O) groups is 2. The van der Waals surface area contributed by atoms with Crippen LogP contribution in [0.4, 0.5) is 10.5 Å². The second-order valence-corrected chi connectivity index (χ2v) is 9.42. The summed E-state index contributed by atoms with van der Waals surface area (Å²) >= 11 is 12.5. The maximum atomic E-state index is 13.6. The number of hydrogen-bond donors (Lipinski definition) is 1. The van der Waals surface area contributed by atoms with Crippen molar-refractivity contribution in [3.63, 3.8) is 0 Å². The zero-order valence-corrected chi connectivity index (χ0v) is 17.8. The minimum atomic E-state index is -1.03. The lowest BCUT2D eigenvalue weighted by Gasteiger charge is -2.47. The molecule has 1 N–H and O–H groups in total. The zero-order valence-electron chi connectivity index (χ0n) is 16.3. The van der Waals surface area contributed by atoms with Crippen molar-refractivity contribution in [2.24, 2.45) is 11.8 Å². The first-order valence-electron chi connectivity index (χ1n) is 9.64. The van der Waals surface area contributed by atoms with Crippen LogP contribution in [0.25, 0.3) is 0 Å². The van der Waals surface area contributed by atoms with Crippen molar-refractivity contribution < 1.29 is 24.2 Å². The Hall–Kier alpha value is -2.05. The topological polar surface area (TPSA) is 103 Å². The van der Waals surface area contributed by atoms with E-state index < -0.39 is 29.4 Å². The molecule has 4 aliphatic heterocycles. The van der Waals surface area contributed by atoms with E-state index in [0.717, 1.165) is 0 Å². The van der Waals surface area contributed by atoms with Gasteiger partial charge in [-0.15, -0.1) is 0 Å². The summed E-state index contributed by atoms with van der Waals surface area (Å²) in [4.78, 5) is 28.1. The Labute approximate surface area is 182 Å². The van der Waals surface area contributed by atoms with Crippen molar-refractivity contribution in [3.05, 3.63) is 27.7 Å². The number of carboxylic acid groups (broad SMARTS) is 1. The number of amides is 2. The molecule has 1 aromatic carbocycles. The van der Waals surface area contributed by atoms with E-state index in [9.17, 15) is 20.0 Å². The molecule has 0 aromatic heterocycles. The minimum absolute atomic E-state index is 0.147. The molecule has 158 valence electrons. The predicted molar refractivity (Wildman–Crippen MR) is 106 cm³/mol. The quantitative estimate of drug-likeness (QED) is 0.740. The third-order valence-electron chi connectivity index (χ3n) is 7.20. The van der Waals surface area contributed by atoms with Crippen molar-refractivity contribution in [1.82, 2.24) is 4.90 Å². The van der Waals surface area contributed by atoms with Gasteiger partial charge in [-0.25, -0.2) is 4.79 Å². The average molecular weight is 452 g/mol. The van der Waals surface area contributed by atoms with E-state index in [4.69, 9.17) is 32.7 Å². The summed E-state index contributed by atoms with van der Waals surface area (Å²) in [5.41, 5.74) is -0.984. The maximum absolute atomic E-state index is 13.6. The summed E-state index contributed by atoms with van der Waals surface area (Å²) in [5.74, 6) is -0.948. The lowest BCUT2D eigenvalue weighted by molar-refractivity contribution is -0.150. The third kappa shape index (κ3) is 2.29. The highest BCUT2D eigenvalue weighted by atomic mass is 35.5. The van der Waals surface area contributed by atoms with Crippen molar-refractivity contribution in [3.8, 4) is 6.07 Å². The summed E-state index contributed by atoms with van der Waals surface area (Å²) < 4.78 is 12.5. The van der Waals surface area contributed by atoms with Crippen molar-refractivity contribution in [1.29, 1.82) is 5.26 Å². The molecule has 6 atom stereocenters. The highest BCUT2D eigenvalue weighted by molar-refractivity contribution is 6.37. The average Bonchev–Trinajstić information content (AvgIpc) is 3.24. The van der Waals surface area contributed by atoms with Gasteiger partial charge in [0.2, 0.25) is 5.91 Å². The summed E-state index contributed by atoms with van der Waals surface area (Å²) in [6, 6.07) is 4.67. The maximum Gasteiger partial charge on any atom is 0.407 e. The van der Waals surface area contributed by atoms with Gasteiger partial charge >= 0.3 is 6.09 Å². The first kappa shape index (κ1) is 19.9. The number of nitrogens with zero attached hydrogens (tertiary/aromatic N) is 3. The Morgan fingerprint density at radius 3 is 2.67 bits per heavy atom. The van der Waals surface area contributed by atoms with Crippen LogP contribution in [0.3, 0.4) is 0 Å². The van der Waals surface area contributed by atoms with Gasteiger partial charge < -0.3 is 19.5 Å². The molecule has 4 heterocycles. The van der Waals surface area contributed by atoms with E-state index in [2.05, 4.69) is 0 Å². The van der Waals surface area contributed by atoms with Gasteiger partial charge in [-0.3, -0.25) is 9.69 Å². The lowest BCUT2D eigenvalue weighted by Crippen LogP contribution is -2.61. The van der Waals surface area contributed by atoms with Crippen LogP contribution in [0, 0.1) is 23.2 Å². The normalized spacial score (nSPS) is 38.5. The fourth-order valence-electron chi connectivity index (χ4n) is 6.08.